The van der Waals surface area contributed by atoms with Crippen molar-refractivity contribution in [3.05, 3.63) is 30.1 Å². The van der Waals surface area contributed by atoms with Crippen LogP contribution in [0.3, 0.4) is 0 Å². The third-order valence-corrected chi connectivity index (χ3v) is 4.84. The van der Waals surface area contributed by atoms with Crippen molar-refractivity contribution >= 4 is 22.6 Å². The van der Waals surface area contributed by atoms with E-state index in [1.54, 1.807) is 6.33 Å². The monoisotopic (exact) mass is 356 g/mol. The van der Waals surface area contributed by atoms with Gasteiger partial charge in [-0.1, -0.05) is 32.9 Å². The second-order valence-corrected chi connectivity index (χ2v) is 8.03. The molecular weight excluding hydrogens is 328 g/mol. The first-order valence-electron chi connectivity index (χ1n) is 9.15. The minimum absolute atomic E-state index is 0.0362. The van der Waals surface area contributed by atoms with E-state index in [1.807, 2.05) is 39.8 Å². The summed E-state index contributed by atoms with van der Waals surface area (Å²) in [4.78, 5) is 23.5. The third kappa shape index (κ3) is 3.80. The molecular formula is C20H28N4O2. The number of benzene rings is 1. The van der Waals surface area contributed by atoms with Crippen LogP contribution in [0.1, 0.15) is 33.3 Å². The van der Waals surface area contributed by atoms with Gasteiger partial charge in [0.1, 0.15) is 12.1 Å². The normalized spacial score (nSPS) is 19.4. The topological polar surface area (TPSA) is 67.3 Å². The number of hydrogen-bond acceptors (Lipinski definition) is 5. The quantitative estimate of drug-likeness (QED) is 0.916. The van der Waals surface area contributed by atoms with Crippen LogP contribution >= 0.6 is 0 Å². The number of aromatic nitrogens is 2. The van der Waals surface area contributed by atoms with Gasteiger partial charge in [0.15, 0.2) is 0 Å². The smallest absolute Gasteiger partial charge is 0.225 e. The zero-order valence-corrected chi connectivity index (χ0v) is 16.2. The minimum Gasteiger partial charge on any atom is -0.372 e. The van der Waals surface area contributed by atoms with Gasteiger partial charge in [-0.3, -0.25) is 4.79 Å². The summed E-state index contributed by atoms with van der Waals surface area (Å²) in [6.45, 7) is 11.9. The molecule has 1 aliphatic rings. The molecule has 26 heavy (non-hydrogen) atoms. The molecule has 2 aromatic rings. The maximum atomic E-state index is 12.3. The lowest BCUT2D eigenvalue weighted by Gasteiger charge is -2.37. The molecule has 1 N–H and O–H groups in total. The zero-order valence-electron chi connectivity index (χ0n) is 16.2. The second-order valence-electron chi connectivity index (χ2n) is 8.03. The summed E-state index contributed by atoms with van der Waals surface area (Å²) < 4.78 is 5.95. The van der Waals surface area contributed by atoms with Crippen molar-refractivity contribution in [2.45, 2.75) is 46.8 Å². The first-order valence-corrected chi connectivity index (χ1v) is 9.15. The fraction of sp³-hybridized carbons (Fsp3) is 0.550. The van der Waals surface area contributed by atoms with Gasteiger partial charge in [-0.05, 0) is 25.5 Å². The molecule has 1 aromatic carbocycles. The molecule has 2 unspecified atom stereocenters. The highest BCUT2D eigenvalue weighted by molar-refractivity contribution is 5.92. The summed E-state index contributed by atoms with van der Waals surface area (Å²) in [6.07, 6.45) is 1.54. The zero-order chi connectivity index (χ0) is 18.9. The van der Waals surface area contributed by atoms with Gasteiger partial charge >= 0.3 is 0 Å². The SMILES string of the molecule is Cc1cccc2ncnc(N3CCOC(C(C)NC(=O)C(C)(C)C)C3)c12. The average molecular weight is 356 g/mol. The Hall–Kier alpha value is -2.21. The largest absolute Gasteiger partial charge is 0.372 e. The van der Waals surface area contributed by atoms with Gasteiger partial charge in [-0.25, -0.2) is 9.97 Å². The first-order chi connectivity index (χ1) is 12.3. The summed E-state index contributed by atoms with van der Waals surface area (Å²) >= 11 is 0. The van der Waals surface area contributed by atoms with Gasteiger partial charge in [0.25, 0.3) is 0 Å². The Balaban J connectivity index is 1.80. The molecule has 0 bridgehead atoms. The number of hydrogen-bond donors (Lipinski definition) is 1. The van der Waals surface area contributed by atoms with Crippen LogP contribution in [0.2, 0.25) is 0 Å². The Kier molecular flexibility index (Phi) is 5.14. The lowest BCUT2D eigenvalue weighted by atomic mass is 9.95. The number of rotatable bonds is 3. The van der Waals surface area contributed by atoms with Crippen LogP contribution in [0.15, 0.2) is 24.5 Å². The number of carbonyl (C=O) groups is 1. The molecule has 0 radical (unpaired) electrons. The first kappa shape index (κ1) is 18.6. The summed E-state index contributed by atoms with van der Waals surface area (Å²) in [7, 11) is 0. The number of fused-ring (bicyclic) bond motifs is 1. The van der Waals surface area contributed by atoms with Crippen molar-refractivity contribution in [2.24, 2.45) is 5.41 Å². The Bertz CT molecular complexity index is 795. The number of amides is 1. The molecule has 1 aliphatic heterocycles. The van der Waals surface area contributed by atoms with E-state index in [1.165, 1.54) is 0 Å². The van der Waals surface area contributed by atoms with Gasteiger partial charge in [-0.2, -0.15) is 0 Å². The Morgan fingerprint density at radius 3 is 2.85 bits per heavy atom. The number of ether oxygens (including phenoxy) is 1. The molecule has 1 amide bonds. The highest BCUT2D eigenvalue weighted by Gasteiger charge is 2.30. The minimum atomic E-state index is -0.414. The van der Waals surface area contributed by atoms with Gasteiger partial charge in [0.05, 0.1) is 24.3 Å². The molecule has 6 heteroatoms. The maximum absolute atomic E-state index is 12.3. The van der Waals surface area contributed by atoms with Crippen molar-refractivity contribution in [3.8, 4) is 0 Å². The van der Waals surface area contributed by atoms with E-state index in [2.05, 4.69) is 33.2 Å². The fourth-order valence-corrected chi connectivity index (χ4v) is 3.19. The summed E-state index contributed by atoms with van der Waals surface area (Å²) in [5.74, 6) is 0.977. The number of morpholine rings is 1. The number of nitrogens with one attached hydrogen (secondary N) is 1. The van der Waals surface area contributed by atoms with Crippen LogP contribution in [-0.4, -0.2) is 47.7 Å². The average Bonchev–Trinajstić information content (AvgIpc) is 2.61. The van der Waals surface area contributed by atoms with E-state index in [9.17, 15) is 4.79 Å². The molecule has 0 aliphatic carbocycles. The number of nitrogens with zero attached hydrogens (tertiary/aromatic N) is 3. The standard InChI is InChI=1S/C20H28N4O2/c1-13-7-6-8-15-17(13)18(22-12-21-15)24-9-10-26-16(11-24)14(2)23-19(25)20(3,4)5/h6-8,12,14,16H,9-11H2,1-5H3,(H,23,25). The lowest BCUT2D eigenvalue weighted by Crippen LogP contribution is -2.54. The van der Waals surface area contributed by atoms with Crippen LogP contribution in [0.5, 0.6) is 0 Å². The second kappa shape index (κ2) is 7.19. The van der Waals surface area contributed by atoms with E-state index in [0.29, 0.717) is 13.2 Å². The molecule has 2 atom stereocenters. The molecule has 0 saturated carbocycles. The highest BCUT2D eigenvalue weighted by Crippen LogP contribution is 2.27. The van der Waals surface area contributed by atoms with Crippen molar-refractivity contribution in [3.63, 3.8) is 0 Å². The van der Waals surface area contributed by atoms with E-state index < -0.39 is 5.41 Å². The Labute approximate surface area is 155 Å². The van der Waals surface area contributed by atoms with Gasteiger partial charge < -0.3 is 15.0 Å². The van der Waals surface area contributed by atoms with E-state index >= 15 is 0 Å². The molecule has 1 saturated heterocycles. The van der Waals surface area contributed by atoms with E-state index in [-0.39, 0.29) is 18.1 Å². The van der Waals surface area contributed by atoms with Crippen LogP contribution in [0.4, 0.5) is 5.82 Å². The predicted octanol–water partition coefficient (Wildman–Crippen LogP) is 2.69. The third-order valence-electron chi connectivity index (χ3n) is 4.84. The Morgan fingerprint density at radius 2 is 2.12 bits per heavy atom. The van der Waals surface area contributed by atoms with Crippen LogP contribution in [0.25, 0.3) is 10.9 Å². The summed E-state index contributed by atoms with van der Waals surface area (Å²) in [6, 6.07) is 6.04. The van der Waals surface area contributed by atoms with Crippen LogP contribution < -0.4 is 10.2 Å². The van der Waals surface area contributed by atoms with Crippen LogP contribution in [0, 0.1) is 12.3 Å². The molecule has 0 spiro atoms. The fourth-order valence-electron chi connectivity index (χ4n) is 3.19. The predicted molar refractivity (Wildman–Crippen MR) is 103 cm³/mol. The van der Waals surface area contributed by atoms with Gasteiger partial charge in [0, 0.05) is 23.9 Å². The van der Waals surface area contributed by atoms with Crippen molar-refractivity contribution < 1.29 is 9.53 Å². The molecule has 140 valence electrons. The van der Waals surface area contributed by atoms with Gasteiger partial charge in [0.2, 0.25) is 5.91 Å². The molecule has 1 fully saturated rings. The van der Waals surface area contributed by atoms with E-state index in [0.717, 1.165) is 28.8 Å². The highest BCUT2D eigenvalue weighted by atomic mass is 16.5. The van der Waals surface area contributed by atoms with Crippen molar-refractivity contribution in [1.82, 2.24) is 15.3 Å². The van der Waals surface area contributed by atoms with E-state index in [4.69, 9.17) is 4.74 Å². The summed E-state index contributed by atoms with van der Waals surface area (Å²) in [5.41, 5.74) is 1.70. The number of anilines is 1. The lowest BCUT2D eigenvalue weighted by molar-refractivity contribution is -0.130. The molecule has 6 nitrogen and oxygen atoms in total. The van der Waals surface area contributed by atoms with Crippen molar-refractivity contribution in [2.75, 3.05) is 24.6 Å². The van der Waals surface area contributed by atoms with Crippen molar-refractivity contribution in [1.29, 1.82) is 0 Å². The molecule has 1 aromatic heterocycles. The number of carbonyl (C=O) groups excluding carboxylic acids is 1. The maximum Gasteiger partial charge on any atom is 0.225 e. The van der Waals surface area contributed by atoms with Gasteiger partial charge in [-0.15, -0.1) is 0 Å². The number of aryl methyl sites for hydroxylation is 1. The molecule has 3 rings (SSSR count). The molecule has 2 heterocycles. The Morgan fingerprint density at radius 1 is 1.35 bits per heavy atom. The summed E-state index contributed by atoms with van der Waals surface area (Å²) in [5, 5.41) is 4.17. The van der Waals surface area contributed by atoms with Crippen LogP contribution in [-0.2, 0) is 9.53 Å².